The maximum absolute atomic E-state index is 14.2. The van der Waals surface area contributed by atoms with E-state index in [0.717, 1.165) is 18.6 Å². The number of nitrogens with one attached hydrogen (secondary N) is 2. The highest BCUT2D eigenvalue weighted by atomic mass is 32.2. The number of sulfonamides is 1. The molecule has 0 aliphatic rings. The van der Waals surface area contributed by atoms with E-state index in [-0.39, 0.29) is 18.2 Å². The van der Waals surface area contributed by atoms with Gasteiger partial charge in [-0.1, -0.05) is 13.3 Å². The lowest BCUT2D eigenvalue weighted by molar-refractivity contribution is 0.510. The number of hydrogen-bond donors (Lipinski definition) is 2. The van der Waals surface area contributed by atoms with Crippen LogP contribution >= 0.6 is 0 Å². The van der Waals surface area contributed by atoms with Gasteiger partial charge in [-0.15, -0.1) is 0 Å². The van der Waals surface area contributed by atoms with Gasteiger partial charge in [0.05, 0.1) is 0 Å². The van der Waals surface area contributed by atoms with Crippen LogP contribution in [0.2, 0.25) is 0 Å². The topological polar surface area (TPSA) is 58.2 Å². The normalized spacial score (nSPS) is 13.4. The highest BCUT2D eigenvalue weighted by molar-refractivity contribution is 7.89. The monoisotopic (exact) mass is 306 g/mol. The van der Waals surface area contributed by atoms with E-state index in [2.05, 4.69) is 10.0 Å². The van der Waals surface area contributed by atoms with Crippen molar-refractivity contribution in [2.24, 2.45) is 0 Å². The molecule has 0 aromatic heterocycles. The number of benzene rings is 1. The van der Waals surface area contributed by atoms with Crippen LogP contribution in [-0.2, 0) is 16.6 Å². The molecule has 2 N–H and O–H groups in total. The van der Waals surface area contributed by atoms with Crippen LogP contribution in [-0.4, -0.2) is 21.5 Å². The minimum Gasteiger partial charge on any atom is -0.315 e. The number of rotatable bonds is 7. The summed E-state index contributed by atoms with van der Waals surface area (Å²) in [5, 5.41) is 2.61. The van der Waals surface area contributed by atoms with Gasteiger partial charge in [0.2, 0.25) is 10.0 Å². The van der Waals surface area contributed by atoms with Crippen LogP contribution in [0.1, 0.15) is 32.3 Å². The molecule has 0 saturated heterocycles. The summed E-state index contributed by atoms with van der Waals surface area (Å²) in [5.74, 6) is -1.81. The van der Waals surface area contributed by atoms with Gasteiger partial charge in [0.25, 0.3) is 0 Å². The Hall–Kier alpha value is -1.05. The van der Waals surface area contributed by atoms with Gasteiger partial charge in [0.15, 0.2) is 5.82 Å². The van der Waals surface area contributed by atoms with Crippen molar-refractivity contribution in [2.75, 3.05) is 7.05 Å². The zero-order valence-electron chi connectivity index (χ0n) is 11.8. The van der Waals surface area contributed by atoms with Crippen molar-refractivity contribution in [1.82, 2.24) is 10.0 Å². The third kappa shape index (κ3) is 3.97. The van der Waals surface area contributed by atoms with Crippen LogP contribution in [0.25, 0.3) is 0 Å². The molecular weight excluding hydrogens is 286 g/mol. The van der Waals surface area contributed by atoms with Crippen molar-refractivity contribution in [3.05, 3.63) is 29.3 Å². The Morgan fingerprint density at radius 1 is 1.30 bits per heavy atom. The first-order valence-corrected chi connectivity index (χ1v) is 7.95. The lowest BCUT2D eigenvalue weighted by Crippen LogP contribution is -2.33. The van der Waals surface area contributed by atoms with E-state index >= 15 is 0 Å². The summed E-state index contributed by atoms with van der Waals surface area (Å²) in [7, 11) is -2.46. The Labute approximate surface area is 118 Å². The van der Waals surface area contributed by atoms with Crippen molar-refractivity contribution in [2.45, 2.75) is 44.2 Å². The highest BCUT2D eigenvalue weighted by Crippen LogP contribution is 2.21. The van der Waals surface area contributed by atoms with Crippen molar-refractivity contribution in [1.29, 1.82) is 0 Å². The molecule has 0 heterocycles. The van der Waals surface area contributed by atoms with E-state index in [1.807, 2.05) is 6.92 Å². The third-order valence-corrected chi connectivity index (χ3v) is 4.48. The maximum atomic E-state index is 14.2. The Balaban J connectivity index is 3.16. The van der Waals surface area contributed by atoms with Crippen LogP contribution in [0.15, 0.2) is 17.0 Å². The molecule has 1 unspecified atom stereocenters. The smallest absolute Gasteiger partial charge is 0.243 e. The quantitative estimate of drug-likeness (QED) is 0.811. The molecule has 4 nitrogen and oxygen atoms in total. The second-order valence-corrected chi connectivity index (χ2v) is 6.36. The van der Waals surface area contributed by atoms with Crippen LogP contribution in [0.3, 0.4) is 0 Å². The molecule has 0 fully saturated rings. The van der Waals surface area contributed by atoms with Crippen molar-refractivity contribution in [3.63, 3.8) is 0 Å². The summed E-state index contributed by atoms with van der Waals surface area (Å²) in [6.07, 6.45) is 1.45. The van der Waals surface area contributed by atoms with Gasteiger partial charge in [-0.2, -0.15) is 0 Å². The molecule has 0 spiro atoms. The summed E-state index contributed by atoms with van der Waals surface area (Å²) in [6.45, 7) is 3.55. The number of halogens is 2. The highest BCUT2D eigenvalue weighted by Gasteiger charge is 2.24. The van der Waals surface area contributed by atoms with Crippen LogP contribution < -0.4 is 10.0 Å². The molecule has 7 heteroatoms. The molecule has 1 aromatic rings. The third-order valence-electron chi connectivity index (χ3n) is 2.87. The van der Waals surface area contributed by atoms with Gasteiger partial charge >= 0.3 is 0 Å². The first-order chi connectivity index (χ1) is 9.33. The predicted molar refractivity (Wildman–Crippen MR) is 73.8 cm³/mol. The number of hydrogen-bond acceptors (Lipinski definition) is 3. The molecular formula is C13H20F2N2O2S. The van der Waals surface area contributed by atoms with Crippen molar-refractivity contribution < 1.29 is 17.2 Å². The average molecular weight is 306 g/mol. The minimum absolute atomic E-state index is 0.0778. The van der Waals surface area contributed by atoms with Gasteiger partial charge in [0, 0.05) is 18.2 Å². The zero-order valence-corrected chi connectivity index (χ0v) is 12.7. The molecule has 20 heavy (non-hydrogen) atoms. The van der Waals surface area contributed by atoms with E-state index in [1.54, 1.807) is 6.92 Å². The Morgan fingerprint density at radius 3 is 2.50 bits per heavy atom. The molecule has 1 atom stereocenters. The molecule has 114 valence electrons. The van der Waals surface area contributed by atoms with Crippen LogP contribution in [0.4, 0.5) is 8.78 Å². The lowest BCUT2D eigenvalue weighted by Gasteiger charge is -2.15. The van der Waals surface area contributed by atoms with Crippen LogP contribution in [0, 0.1) is 11.6 Å². The Morgan fingerprint density at radius 2 is 1.95 bits per heavy atom. The van der Waals surface area contributed by atoms with Crippen LogP contribution in [0.5, 0.6) is 0 Å². The Kier molecular flexibility index (Phi) is 6.04. The van der Waals surface area contributed by atoms with Gasteiger partial charge < -0.3 is 5.32 Å². The fourth-order valence-corrected chi connectivity index (χ4v) is 3.32. The fraction of sp³-hybridized carbons (Fsp3) is 0.538. The summed E-state index contributed by atoms with van der Waals surface area (Å²) < 4.78 is 54.3. The summed E-state index contributed by atoms with van der Waals surface area (Å²) >= 11 is 0. The van der Waals surface area contributed by atoms with E-state index in [0.29, 0.717) is 6.42 Å². The minimum atomic E-state index is -3.99. The maximum Gasteiger partial charge on any atom is 0.243 e. The van der Waals surface area contributed by atoms with E-state index < -0.39 is 26.6 Å². The molecule has 0 amide bonds. The first-order valence-electron chi connectivity index (χ1n) is 6.47. The fourth-order valence-electron chi connectivity index (χ4n) is 1.94. The standard InChI is InChI=1S/C13H20F2N2O2S/c1-4-5-9(2)17-20(18,19)12-7-6-11(14)10(8-16-3)13(12)15/h6-7,9,16-17H,4-5,8H2,1-3H3. The molecule has 0 saturated carbocycles. The molecule has 0 bridgehead atoms. The summed E-state index contributed by atoms with van der Waals surface area (Å²) in [6, 6.07) is 1.61. The average Bonchev–Trinajstić information content (AvgIpc) is 2.33. The van der Waals surface area contributed by atoms with Gasteiger partial charge in [0.1, 0.15) is 10.7 Å². The van der Waals surface area contributed by atoms with E-state index in [1.165, 1.54) is 7.05 Å². The summed E-state index contributed by atoms with van der Waals surface area (Å²) in [5.41, 5.74) is -0.279. The first kappa shape index (κ1) is 17.0. The van der Waals surface area contributed by atoms with Gasteiger partial charge in [-0.05, 0) is 32.5 Å². The molecule has 1 rings (SSSR count). The predicted octanol–water partition coefficient (Wildman–Crippen LogP) is 2.15. The summed E-state index contributed by atoms with van der Waals surface area (Å²) in [4.78, 5) is -0.521. The lowest BCUT2D eigenvalue weighted by atomic mass is 10.2. The molecule has 1 aromatic carbocycles. The van der Waals surface area contributed by atoms with Crippen molar-refractivity contribution >= 4 is 10.0 Å². The van der Waals surface area contributed by atoms with E-state index in [9.17, 15) is 17.2 Å². The molecule has 0 radical (unpaired) electrons. The largest absolute Gasteiger partial charge is 0.315 e. The molecule has 0 aliphatic carbocycles. The van der Waals surface area contributed by atoms with Gasteiger partial charge in [-0.25, -0.2) is 21.9 Å². The van der Waals surface area contributed by atoms with Crippen molar-refractivity contribution in [3.8, 4) is 0 Å². The molecule has 0 aliphatic heterocycles. The van der Waals surface area contributed by atoms with E-state index in [4.69, 9.17) is 0 Å². The second-order valence-electron chi connectivity index (χ2n) is 4.68. The second kappa shape index (κ2) is 7.10. The Bertz CT molecular complexity index is 562. The SMILES string of the molecule is CCCC(C)NS(=O)(=O)c1ccc(F)c(CNC)c1F. The zero-order chi connectivity index (χ0) is 15.3. The van der Waals surface area contributed by atoms with Gasteiger partial charge in [-0.3, -0.25) is 0 Å².